The van der Waals surface area contributed by atoms with Crippen molar-refractivity contribution in [2.45, 2.75) is 5.16 Å². The summed E-state index contributed by atoms with van der Waals surface area (Å²) in [6, 6.07) is 24.4. The predicted octanol–water partition coefficient (Wildman–Crippen LogP) is 5.33. The van der Waals surface area contributed by atoms with Gasteiger partial charge in [-0.3, -0.25) is 9.36 Å². The maximum Gasteiger partial charge on any atom is 0.234 e. The summed E-state index contributed by atoms with van der Waals surface area (Å²) >= 11 is 7.39. The molecular formula is C23H19ClN4O2S. The van der Waals surface area contributed by atoms with E-state index in [0.717, 1.165) is 22.7 Å². The highest BCUT2D eigenvalue weighted by Gasteiger charge is 2.18. The smallest absolute Gasteiger partial charge is 0.234 e. The van der Waals surface area contributed by atoms with E-state index in [1.54, 1.807) is 7.11 Å². The van der Waals surface area contributed by atoms with Crippen LogP contribution in [0.25, 0.3) is 17.1 Å². The van der Waals surface area contributed by atoms with Crippen LogP contribution in [0.4, 0.5) is 5.69 Å². The number of hydrogen-bond donors (Lipinski definition) is 1. The van der Waals surface area contributed by atoms with Gasteiger partial charge in [-0.25, -0.2) is 0 Å². The fourth-order valence-corrected chi connectivity index (χ4v) is 3.86. The number of nitrogens with one attached hydrogen (secondary N) is 1. The van der Waals surface area contributed by atoms with Crippen molar-refractivity contribution in [1.29, 1.82) is 0 Å². The van der Waals surface area contributed by atoms with Gasteiger partial charge < -0.3 is 10.1 Å². The zero-order valence-electron chi connectivity index (χ0n) is 16.7. The zero-order chi connectivity index (χ0) is 21.6. The quantitative estimate of drug-likeness (QED) is 0.385. The van der Waals surface area contributed by atoms with Crippen LogP contribution in [0, 0.1) is 0 Å². The first-order chi connectivity index (χ1) is 15.1. The van der Waals surface area contributed by atoms with Crippen LogP contribution in [0.3, 0.4) is 0 Å². The minimum Gasteiger partial charge on any atom is -0.497 e. The minimum absolute atomic E-state index is 0.121. The topological polar surface area (TPSA) is 69.0 Å². The Labute approximate surface area is 189 Å². The number of ether oxygens (including phenoxy) is 1. The van der Waals surface area contributed by atoms with E-state index >= 15 is 0 Å². The Morgan fingerprint density at radius 3 is 2.55 bits per heavy atom. The first-order valence-corrected chi connectivity index (χ1v) is 10.8. The fourth-order valence-electron chi connectivity index (χ4n) is 2.98. The lowest BCUT2D eigenvalue weighted by atomic mass is 10.2. The fraction of sp³-hybridized carbons (Fsp3) is 0.0870. The third-order valence-corrected chi connectivity index (χ3v) is 5.62. The van der Waals surface area contributed by atoms with Gasteiger partial charge in [0.1, 0.15) is 5.75 Å². The molecule has 1 heterocycles. The van der Waals surface area contributed by atoms with Crippen molar-refractivity contribution in [3.63, 3.8) is 0 Å². The van der Waals surface area contributed by atoms with Crippen LogP contribution in [0.15, 0.2) is 84.0 Å². The summed E-state index contributed by atoms with van der Waals surface area (Å²) in [6.45, 7) is 0. The summed E-state index contributed by atoms with van der Waals surface area (Å²) in [5, 5.41) is 12.9. The van der Waals surface area contributed by atoms with Gasteiger partial charge in [-0.15, -0.1) is 10.2 Å². The van der Waals surface area contributed by atoms with E-state index < -0.39 is 0 Å². The first kappa shape index (κ1) is 21.0. The van der Waals surface area contributed by atoms with Crippen LogP contribution in [0.2, 0.25) is 5.02 Å². The highest BCUT2D eigenvalue weighted by molar-refractivity contribution is 7.99. The lowest BCUT2D eigenvalue weighted by Gasteiger charge is -2.11. The van der Waals surface area contributed by atoms with E-state index in [1.807, 2.05) is 83.4 Å². The Hall–Kier alpha value is -3.29. The predicted molar refractivity (Wildman–Crippen MR) is 124 cm³/mol. The summed E-state index contributed by atoms with van der Waals surface area (Å²) in [7, 11) is 1.62. The second-order valence-electron chi connectivity index (χ2n) is 6.55. The van der Waals surface area contributed by atoms with Crippen molar-refractivity contribution in [2.75, 3.05) is 18.2 Å². The second-order valence-corrected chi connectivity index (χ2v) is 7.93. The minimum atomic E-state index is -0.121. The molecule has 0 saturated heterocycles. The number of nitrogens with zero attached hydrogens (tertiary/aromatic N) is 3. The van der Waals surface area contributed by atoms with Gasteiger partial charge in [0.2, 0.25) is 5.91 Å². The lowest BCUT2D eigenvalue weighted by Crippen LogP contribution is -2.14. The van der Waals surface area contributed by atoms with Gasteiger partial charge >= 0.3 is 0 Å². The molecule has 0 radical (unpaired) electrons. The molecule has 156 valence electrons. The van der Waals surface area contributed by atoms with Gasteiger partial charge in [0.15, 0.2) is 11.0 Å². The van der Waals surface area contributed by atoms with Crippen molar-refractivity contribution in [3.8, 4) is 22.8 Å². The molecule has 1 N–H and O–H groups in total. The number of thioether (sulfide) groups is 1. The number of amides is 1. The molecule has 4 rings (SSSR count). The van der Waals surface area contributed by atoms with E-state index in [4.69, 9.17) is 16.3 Å². The summed E-state index contributed by atoms with van der Waals surface area (Å²) in [6.07, 6.45) is 0. The number of hydrogen-bond acceptors (Lipinski definition) is 5. The standard InChI is InChI=1S/C23H19ClN4O2S/c1-30-20-9-5-6-16(14-20)22-26-27-23(28(22)19-12-10-17(24)11-13-19)31-15-21(29)25-18-7-3-2-4-8-18/h2-14H,15H2,1H3,(H,25,29). The average molecular weight is 451 g/mol. The highest BCUT2D eigenvalue weighted by Crippen LogP contribution is 2.30. The molecule has 0 fully saturated rings. The monoisotopic (exact) mass is 450 g/mol. The number of benzene rings is 3. The molecule has 0 aliphatic carbocycles. The van der Waals surface area contributed by atoms with Crippen molar-refractivity contribution < 1.29 is 9.53 Å². The van der Waals surface area contributed by atoms with Crippen LogP contribution in [-0.2, 0) is 4.79 Å². The molecule has 1 aromatic heterocycles. The number of para-hydroxylation sites is 1. The number of carbonyl (C=O) groups is 1. The molecular weight excluding hydrogens is 432 g/mol. The summed E-state index contributed by atoms with van der Waals surface area (Å²) in [4.78, 5) is 12.4. The third-order valence-electron chi connectivity index (χ3n) is 4.44. The molecule has 31 heavy (non-hydrogen) atoms. The van der Waals surface area contributed by atoms with E-state index in [-0.39, 0.29) is 11.7 Å². The van der Waals surface area contributed by atoms with Gasteiger partial charge in [0.05, 0.1) is 12.9 Å². The molecule has 0 bridgehead atoms. The van der Waals surface area contributed by atoms with Gasteiger partial charge in [-0.2, -0.15) is 0 Å². The van der Waals surface area contributed by atoms with E-state index in [9.17, 15) is 4.79 Å². The Balaban J connectivity index is 1.63. The highest BCUT2D eigenvalue weighted by atomic mass is 35.5. The normalized spacial score (nSPS) is 10.6. The third kappa shape index (κ3) is 5.07. The van der Waals surface area contributed by atoms with Gasteiger partial charge in [-0.1, -0.05) is 53.7 Å². The van der Waals surface area contributed by atoms with E-state index in [1.165, 1.54) is 11.8 Å². The molecule has 8 heteroatoms. The second kappa shape index (κ2) is 9.68. The molecule has 0 atom stereocenters. The van der Waals surface area contributed by atoms with Crippen LogP contribution in [0.1, 0.15) is 0 Å². The van der Waals surface area contributed by atoms with Crippen LogP contribution in [0.5, 0.6) is 5.75 Å². The maximum atomic E-state index is 12.4. The first-order valence-electron chi connectivity index (χ1n) is 9.47. The number of halogens is 1. The van der Waals surface area contributed by atoms with Crippen molar-refractivity contribution >= 4 is 35.0 Å². The van der Waals surface area contributed by atoms with Crippen molar-refractivity contribution in [2.24, 2.45) is 0 Å². The molecule has 4 aromatic rings. The molecule has 3 aromatic carbocycles. The molecule has 0 aliphatic rings. The van der Waals surface area contributed by atoms with Crippen LogP contribution in [-0.4, -0.2) is 33.5 Å². The number of aromatic nitrogens is 3. The number of anilines is 1. The summed E-state index contributed by atoms with van der Waals surface area (Å²) < 4.78 is 7.26. The van der Waals surface area contributed by atoms with Gasteiger partial charge in [0.25, 0.3) is 0 Å². The molecule has 0 unspecified atom stereocenters. The Bertz CT molecular complexity index is 1180. The van der Waals surface area contributed by atoms with Crippen LogP contribution >= 0.6 is 23.4 Å². The lowest BCUT2D eigenvalue weighted by molar-refractivity contribution is -0.113. The molecule has 0 aliphatic heterocycles. The number of methoxy groups -OCH3 is 1. The Morgan fingerprint density at radius 1 is 1.03 bits per heavy atom. The largest absolute Gasteiger partial charge is 0.497 e. The zero-order valence-corrected chi connectivity index (χ0v) is 18.2. The summed E-state index contributed by atoms with van der Waals surface area (Å²) in [5.74, 6) is 1.44. The maximum absolute atomic E-state index is 12.4. The Morgan fingerprint density at radius 2 is 1.81 bits per heavy atom. The SMILES string of the molecule is COc1cccc(-c2nnc(SCC(=O)Nc3ccccc3)n2-c2ccc(Cl)cc2)c1. The number of rotatable bonds is 7. The molecule has 0 saturated carbocycles. The van der Waals surface area contributed by atoms with E-state index in [0.29, 0.717) is 16.0 Å². The molecule has 0 spiro atoms. The number of carbonyl (C=O) groups excluding carboxylic acids is 1. The van der Waals surface area contributed by atoms with Crippen molar-refractivity contribution in [3.05, 3.63) is 83.9 Å². The van der Waals surface area contributed by atoms with E-state index in [2.05, 4.69) is 15.5 Å². The van der Waals surface area contributed by atoms with Crippen LogP contribution < -0.4 is 10.1 Å². The van der Waals surface area contributed by atoms with Gasteiger partial charge in [0, 0.05) is 22.0 Å². The molecule has 1 amide bonds. The summed E-state index contributed by atoms with van der Waals surface area (Å²) in [5.41, 5.74) is 2.45. The van der Waals surface area contributed by atoms with Gasteiger partial charge in [-0.05, 0) is 48.5 Å². The molecule has 6 nitrogen and oxygen atoms in total. The Kier molecular flexibility index (Phi) is 6.54. The van der Waals surface area contributed by atoms with Crippen molar-refractivity contribution in [1.82, 2.24) is 14.8 Å². The average Bonchev–Trinajstić information content (AvgIpc) is 3.23.